The molecule has 0 fully saturated rings. The minimum Gasteiger partial charge on any atom is -0.396 e. The lowest BCUT2D eigenvalue weighted by atomic mass is 9.84. The van der Waals surface area contributed by atoms with Crippen LogP contribution in [0.1, 0.15) is 41.0 Å². The molecule has 0 aliphatic rings. The average Bonchev–Trinajstić information content (AvgIpc) is 2.85. The molecule has 1 aromatic heterocycles. The lowest BCUT2D eigenvalue weighted by Gasteiger charge is -2.36. The van der Waals surface area contributed by atoms with Crippen molar-refractivity contribution in [1.82, 2.24) is 14.9 Å². The minimum atomic E-state index is -0.0432. The van der Waals surface area contributed by atoms with Crippen LogP contribution in [0.3, 0.4) is 0 Å². The smallest absolute Gasteiger partial charge is 0.0946 e. The van der Waals surface area contributed by atoms with Crippen LogP contribution < -0.4 is 5.32 Å². The zero-order valence-corrected chi connectivity index (χ0v) is 13.0. The summed E-state index contributed by atoms with van der Waals surface area (Å²) in [6, 6.07) is 0.346. The van der Waals surface area contributed by atoms with Crippen molar-refractivity contribution >= 4 is 0 Å². The molecule has 0 spiro atoms. The molecule has 1 rings (SSSR count). The minimum absolute atomic E-state index is 0.0432. The third-order valence-corrected chi connectivity index (χ3v) is 4.01. The maximum Gasteiger partial charge on any atom is 0.0946 e. The molecule has 2 unspecified atom stereocenters. The van der Waals surface area contributed by atoms with Gasteiger partial charge in [0.05, 0.1) is 6.33 Å². The molecule has 1 heterocycles. The molecule has 0 aromatic carbocycles. The number of nitrogens with zero attached hydrogens (tertiary/aromatic N) is 2. The molecule has 4 nitrogen and oxygen atoms in total. The van der Waals surface area contributed by atoms with Gasteiger partial charge in [0.15, 0.2) is 0 Å². The van der Waals surface area contributed by atoms with Gasteiger partial charge in [-0.05, 0) is 11.8 Å². The fraction of sp³-hybridized carbons (Fsp3) is 0.800. The molecule has 0 amide bonds. The summed E-state index contributed by atoms with van der Waals surface area (Å²) in [5.74, 6) is 0. The van der Waals surface area contributed by atoms with Crippen LogP contribution in [-0.2, 0) is 6.54 Å². The van der Waals surface area contributed by atoms with Crippen LogP contribution in [0.4, 0.5) is 0 Å². The first-order chi connectivity index (χ1) is 8.80. The van der Waals surface area contributed by atoms with Crippen LogP contribution in [-0.4, -0.2) is 33.9 Å². The van der Waals surface area contributed by atoms with Gasteiger partial charge in [-0.3, -0.25) is 0 Å². The van der Waals surface area contributed by atoms with E-state index in [1.807, 2.05) is 18.7 Å². The second-order valence-corrected chi connectivity index (χ2v) is 6.88. The average molecular weight is 267 g/mol. The normalized spacial score (nSPS) is 17.2. The van der Waals surface area contributed by atoms with Crippen molar-refractivity contribution in [3.05, 3.63) is 18.7 Å². The largest absolute Gasteiger partial charge is 0.396 e. The zero-order valence-electron chi connectivity index (χ0n) is 13.0. The first kappa shape index (κ1) is 16.2. The van der Waals surface area contributed by atoms with Crippen LogP contribution in [0.25, 0.3) is 0 Å². The summed E-state index contributed by atoms with van der Waals surface area (Å²) in [5.41, 5.74) is 0.118. The Balaban J connectivity index is 2.66. The fourth-order valence-corrected chi connectivity index (χ4v) is 1.91. The van der Waals surface area contributed by atoms with Gasteiger partial charge >= 0.3 is 0 Å². The standard InChI is InChI=1S/C15H29N3O/c1-6-15(5,11-19)10-17-13(14(2,3)4)9-18-8-7-16-12-18/h7-8,12-13,17,19H,6,9-11H2,1-5H3. The third-order valence-electron chi connectivity index (χ3n) is 4.01. The van der Waals surface area contributed by atoms with E-state index in [1.54, 1.807) is 0 Å². The molecule has 2 N–H and O–H groups in total. The van der Waals surface area contributed by atoms with E-state index < -0.39 is 0 Å². The summed E-state index contributed by atoms with van der Waals surface area (Å²) >= 11 is 0. The van der Waals surface area contributed by atoms with E-state index >= 15 is 0 Å². The Kier molecular flexibility index (Phi) is 5.56. The SMILES string of the molecule is CCC(C)(CO)CNC(Cn1ccnc1)C(C)(C)C. The first-order valence-electron chi connectivity index (χ1n) is 7.11. The van der Waals surface area contributed by atoms with Crippen molar-refractivity contribution in [2.75, 3.05) is 13.2 Å². The van der Waals surface area contributed by atoms with E-state index in [-0.39, 0.29) is 17.4 Å². The number of rotatable bonds is 7. The molecule has 1 aromatic rings. The molecule has 110 valence electrons. The maximum atomic E-state index is 9.50. The van der Waals surface area contributed by atoms with E-state index in [4.69, 9.17) is 0 Å². The quantitative estimate of drug-likeness (QED) is 0.797. The molecule has 0 saturated heterocycles. The van der Waals surface area contributed by atoms with Crippen LogP contribution in [0.5, 0.6) is 0 Å². The van der Waals surface area contributed by atoms with E-state index in [9.17, 15) is 5.11 Å². The Hall–Kier alpha value is -0.870. The highest BCUT2D eigenvalue weighted by atomic mass is 16.3. The van der Waals surface area contributed by atoms with Gasteiger partial charge in [0, 0.05) is 43.5 Å². The van der Waals surface area contributed by atoms with Gasteiger partial charge < -0.3 is 15.0 Å². The van der Waals surface area contributed by atoms with Gasteiger partial charge in [0.2, 0.25) is 0 Å². The summed E-state index contributed by atoms with van der Waals surface area (Å²) in [6.45, 7) is 12.9. The molecular formula is C15H29N3O. The molecule has 19 heavy (non-hydrogen) atoms. The molecule has 0 aliphatic carbocycles. The Morgan fingerprint density at radius 1 is 1.32 bits per heavy atom. The van der Waals surface area contributed by atoms with Gasteiger partial charge in [0.25, 0.3) is 0 Å². The molecular weight excluding hydrogens is 238 g/mol. The fourth-order valence-electron chi connectivity index (χ4n) is 1.91. The highest BCUT2D eigenvalue weighted by Gasteiger charge is 2.28. The van der Waals surface area contributed by atoms with E-state index in [2.05, 4.69) is 49.5 Å². The van der Waals surface area contributed by atoms with Crippen LogP contribution in [0.15, 0.2) is 18.7 Å². The van der Waals surface area contributed by atoms with E-state index in [0.29, 0.717) is 6.04 Å². The van der Waals surface area contributed by atoms with Crippen molar-refractivity contribution in [3.8, 4) is 0 Å². The Morgan fingerprint density at radius 3 is 2.42 bits per heavy atom. The van der Waals surface area contributed by atoms with Crippen molar-refractivity contribution in [2.45, 2.75) is 53.6 Å². The topological polar surface area (TPSA) is 50.1 Å². The number of imidazole rings is 1. The number of aromatic nitrogens is 2. The number of hydrogen-bond acceptors (Lipinski definition) is 3. The lowest BCUT2D eigenvalue weighted by molar-refractivity contribution is 0.119. The van der Waals surface area contributed by atoms with Gasteiger partial charge in [-0.15, -0.1) is 0 Å². The summed E-state index contributed by atoms with van der Waals surface area (Å²) in [6.07, 6.45) is 6.62. The molecule has 2 atom stereocenters. The van der Waals surface area contributed by atoms with Gasteiger partial charge in [-0.25, -0.2) is 4.98 Å². The summed E-state index contributed by atoms with van der Waals surface area (Å²) in [5, 5.41) is 13.1. The summed E-state index contributed by atoms with van der Waals surface area (Å²) in [7, 11) is 0. The Labute approximate surface area is 117 Å². The molecule has 0 radical (unpaired) electrons. The number of aliphatic hydroxyl groups is 1. The number of aliphatic hydroxyl groups excluding tert-OH is 1. The van der Waals surface area contributed by atoms with Crippen LogP contribution >= 0.6 is 0 Å². The third kappa shape index (κ3) is 4.96. The predicted molar refractivity (Wildman–Crippen MR) is 79.0 cm³/mol. The predicted octanol–water partition coefficient (Wildman–Crippen LogP) is 2.30. The van der Waals surface area contributed by atoms with Crippen LogP contribution in [0, 0.1) is 10.8 Å². The van der Waals surface area contributed by atoms with E-state index in [0.717, 1.165) is 19.5 Å². The molecule has 0 bridgehead atoms. The van der Waals surface area contributed by atoms with Crippen molar-refractivity contribution < 1.29 is 5.11 Å². The summed E-state index contributed by atoms with van der Waals surface area (Å²) < 4.78 is 2.10. The Morgan fingerprint density at radius 2 is 2.00 bits per heavy atom. The van der Waals surface area contributed by atoms with Crippen molar-refractivity contribution in [2.24, 2.45) is 10.8 Å². The second kappa shape index (κ2) is 6.53. The maximum absolute atomic E-state index is 9.50. The lowest BCUT2D eigenvalue weighted by Crippen LogP contribution is -2.48. The monoisotopic (exact) mass is 267 g/mol. The van der Waals surface area contributed by atoms with Gasteiger partial charge in [0.1, 0.15) is 0 Å². The van der Waals surface area contributed by atoms with Crippen molar-refractivity contribution in [1.29, 1.82) is 0 Å². The molecule has 4 heteroatoms. The molecule has 0 aliphatic heterocycles. The summed E-state index contributed by atoms with van der Waals surface area (Å²) in [4.78, 5) is 4.09. The van der Waals surface area contributed by atoms with Crippen LogP contribution in [0.2, 0.25) is 0 Å². The molecule has 0 saturated carbocycles. The Bertz CT molecular complexity index is 350. The second-order valence-electron chi connectivity index (χ2n) is 6.88. The van der Waals surface area contributed by atoms with Crippen molar-refractivity contribution in [3.63, 3.8) is 0 Å². The van der Waals surface area contributed by atoms with Gasteiger partial charge in [-0.2, -0.15) is 0 Å². The number of nitrogens with one attached hydrogen (secondary N) is 1. The highest BCUT2D eigenvalue weighted by molar-refractivity contribution is 4.86. The first-order valence-corrected chi connectivity index (χ1v) is 7.11. The van der Waals surface area contributed by atoms with Gasteiger partial charge in [-0.1, -0.05) is 34.6 Å². The highest BCUT2D eigenvalue weighted by Crippen LogP contribution is 2.24. The zero-order chi connectivity index (χ0) is 14.5. The van der Waals surface area contributed by atoms with E-state index in [1.165, 1.54) is 0 Å². The number of hydrogen-bond donors (Lipinski definition) is 2.